The SMILES string of the molecule is O=C(O)c1cccc([N+](=O)[O-])c1OCc1ccccn1. The van der Waals surface area contributed by atoms with Crippen molar-refractivity contribution in [1.82, 2.24) is 4.98 Å². The van der Waals surface area contributed by atoms with Gasteiger partial charge in [-0.2, -0.15) is 0 Å². The molecule has 0 saturated heterocycles. The fraction of sp³-hybridized carbons (Fsp3) is 0.0769. The molecule has 2 rings (SSSR count). The zero-order valence-corrected chi connectivity index (χ0v) is 10.2. The van der Waals surface area contributed by atoms with E-state index in [2.05, 4.69) is 4.98 Å². The van der Waals surface area contributed by atoms with Gasteiger partial charge in [0.25, 0.3) is 0 Å². The predicted octanol–water partition coefficient (Wildman–Crippen LogP) is 2.27. The van der Waals surface area contributed by atoms with Crippen LogP contribution in [0, 0.1) is 10.1 Å². The molecule has 1 aromatic carbocycles. The Labute approximate surface area is 113 Å². The summed E-state index contributed by atoms with van der Waals surface area (Å²) in [5.41, 5.74) is -0.0991. The summed E-state index contributed by atoms with van der Waals surface area (Å²) < 4.78 is 5.29. The second-order valence-corrected chi connectivity index (χ2v) is 3.83. The minimum Gasteiger partial charge on any atom is -0.480 e. The van der Waals surface area contributed by atoms with Crippen LogP contribution < -0.4 is 4.74 Å². The number of nitro groups is 1. The summed E-state index contributed by atoms with van der Waals surface area (Å²) in [5, 5.41) is 20.0. The van der Waals surface area contributed by atoms with Gasteiger partial charge in [0.15, 0.2) is 0 Å². The molecule has 0 radical (unpaired) electrons. The third-order valence-corrected chi connectivity index (χ3v) is 2.51. The fourth-order valence-corrected chi connectivity index (χ4v) is 1.62. The van der Waals surface area contributed by atoms with Gasteiger partial charge in [0, 0.05) is 12.3 Å². The van der Waals surface area contributed by atoms with Crippen LogP contribution in [0.25, 0.3) is 0 Å². The summed E-state index contributed by atoms with van der Waals surface area (Å²) in [6, 6.07) is 8.88. The van der Waals surface area contributed by atoms with Gasteiger partial charge >= 0.3 is 11.7 Å². The highest BCUT2D eigenvalue weighted by Crippen LogP contribution is 2.31. The average molecular weight is 274 g/mol. The molecule has 0 aliphatic heterocycles. The zero-order valence-electron chi connectivity index (χ0n) is 10.2. The Morgan fingerprint density at radius 3 is 2.70 bits per heavy atom. The molecule has 20 heavy (non-hydrogen) atoms. The highest BCUT2D eigenvalue weighted by Gasteiger charge is 2.23. The molecule has 1 aromatic heterocycles. The Kier molecular flexibility index (Phi) is 3.90. The normalized spacial score (nSPS) is 10.0. The van der Waals surface area contributed by atoms with Crippen LogP contribution in [0.15, 0.2) is 42.6 Å². The van der Waals surface area contributed by atoms with Crippen LogP contribution in [0.5, 0.6) is 5.75 Å². The fourth-order valence-electron chi connectivity index (χ4n) is 1.62. The Morgan fingerprint density at radius 1 is 1.30 bits per heavy atom. The van der Waals surface area contributed by atoms with E-state index in [-0.39, 0.29) is 23.6 Å². The van der Waals surface area contributed by atoms with E-state index in [1.807, 2.05) is 0 Å². The number of rotatable bonds is 5. The van der Waals surface area contributed by atoms with Crippen LogP contribution in [0.1, 0.15) is 16.1 Å². The average Bonchev–Trinajstić information content (AvgIpc) is 2.45. The Bertz CT molecular complexity index is 610. The van der Waals surface area contributed by atoms with E-state index in [9.17, 15) is 14.9 Å². The summed E-state index contributed by atoms with van der Waals surface area (Å²) >= 11 is 0. The molecule has 0 spiro atoms. The van der Waals surface area contributed by atoms with Crippen molar-refractivity contribution in [3.63, 3.8) is 0 Å². The lowest BCUT2D eigenvalue weighted by Gasteiger charge is -2.08. The number of benzene rings is 1. The second-order valence-electron chi connectivity index (χ2n) is 3.83. The van der Waals surface area contributed by atoms with Gasteiger partial charge in [0.05, 0.1) is 10.6 Å². The highest BCUT2D eigenvalue weighted by atomic mass is 16.6. The van der Waals surface area contributed by atoms with Crippen LogP contribution in [0.4, 0.5) is 5.69 Å². The molecule has 0 aliphatic carbocycles. The second kappa shape index (κ2) is 5.79. The number of para-hydroxylation sites is 1. The molecule has 0 saturated carbocycles. The summed E-state index contributed by atoms with van der Waals surface area (Å²) in [7, 11) is 0. The first-order valence-electron chi connectivity index (χ1n) is 5.63. The van der Waals surface area contributed by atoms with Gasteiger partial charge in [0.2, 0.25) is 5.75 Å². The molecule has 2 aromatic rings. The molecule has 7 nitrogen and oxygen atoms in total. The van der Waals surface area contributed by atoms with Crippen LogP contribution in [0.2, 0.25) is 0 Å². The summed E-state index contributed by atoms with van der Waals surface area (Å²) in [5.74, 6) is -1.56. The smallest absolute Gasteiger partial charge is 0.339 e. The number of pyridine rings is 1. The highest BCUT2D eigenvalue weighted by molar-refractivity contribution is 5.92. The van der Waals surface area contributed by atoms with Gasteiger partial charge < -0.3 is 9.84 Å². The van der Waals surface area contributed by atoms with Crippen LogP contribution in [-0.4, -0.2) is 21.0 Å². The van der Waals surface area contributed by atoms with Crippen molar-refractivity contribution in [2.75, 3.05) is 0 Å². The number of aromatic nitrogens is 1. The number of carbonyl (C=O) groups is 1. The number of ether oxygens (including phenoxy) is 1. The molecular weight excluding hydrogens is 264 g/mol. The molecule has 0 unspecified atom stereocenters. The van der Waals surface area contributed by atoms with Crippen LogP contribution in [-0.2, 0) is 6.61 Å². The molecule has 102 valence electrons. The Balaban J connectivity index is 2.33. The van der Waals surface area contributed by atoms with Crippen LogP contribution in [0.3, 0.4) is 0 Å². The molecule has 1 heterocycles. The molecule has 0 aliphatic rings. The van der Waals surface area contributed by atoms with Crippen molar-refractivity contribution in [2.24, 2.45) is 0 Å². The first-order chi connectivity index (χ1) is 9.59. The Hall–Kier alpha value is -2.96. The topological polar surface area (TPSA) is 103 Å². The van der Waals surface area contributed by atoms with E-state index in [0.29, 0.717) is 5.69 Å². The number of carboxylic acid groups (broad SMARTS) is 1. The maximum absolute atomic E-state index is 11.1. The van der Waals surface area contributed by atoms with E-state index >= 15 is 0 Å². The van der Waals surface area contributed by atoms with Gasteiger partial charge in [-0.3, -0.25) is 15.1 Å². The quantitative estimate of drug-likeness (QED) is 0.662. The number of nitro benzene ring substituents is 1. The third kappa shape index (κ3) is 2.89. The van der Waals surface area contributed by atoms with E-state index in [0.717, 1.165) is 0 Å². The lowest BCUT2D eigenvalue weighted by molar-refractivity contribution is -0.386. The first kappa shape index (κ1) is 13.5. The molecule has 0 fully saturated rings. The molecule has 7 heteroatoms. The zero-order chi connectivity index (χ0) is 14.5. The molecular formula is C13H10N2O5. The Morgan fingerprint density at radius 2 is 2.10 bits per heavy atom. The van der Waals surface area contributed by atoms with E-state index in [4.69, 9.17) is 9.84 Å². The summed E-state index contributed by atoms with van der Waals surface area (Å²) in [6.45, 7) is -0.0496. The van der Waals surface area contributed by atoms with Crippen molar-refractivity contribution in [3.8, 4) is 5.75 Å². The van der Waals surface area contributed by atoms with Gasteiger partial charge in [-0.25, -0.2) is 4.79 Å². The first-order valence-corrected chi connectivity index (χ1v) is 5.63. The minimum absolute atomic E-state index is 0.0496. The van der Waals surface area contributed by atoms with E-state index in [1.165, 1.54) is 18.2 Å². The standard InChI is InChI=1S/C13H10N2O5/c16-13(17)10-5-3-6-11(15(18)19)12(10)20-8-9-4-1-2-7-14-9/h1-7H,8H2,(H,16,17). The van der Waals surface area contributed by atoms with Crippen molar-refractivity contribution >= 4 is 11.7 Å². The molecule has 0 bridgehead atoms. The number of nitrogens with zero attached hydrogens (tertiary/aromatic N) is 2. The maximum Gasteiger partial charge on any atom is 0.339 e. The monoisotopic (exact) mass is 274 g/mol. The van der Waals surface area contributed by atoms with Gasteiger partial charge in [0.1, 0.15) is 12.2 Å². The van der Waals surface area contributed by atoms with Crippen molar-refractivity contribution in [1.29, 1.82) is 0 Å². The third-order valence-electron chi connectivity index (χ3n) is 2.51. The van der Waals surface area contributed by atoms with E-state index < -0.39 is 10.9 Å². The summed E-state index contributed by atoms with van der Waals surface area (Å²) in [6.07, 6.45) is 1.55. The number of hydrogen-bond acceptors (Lipinski definition) is 5. The predicted molar refractivity (Wildman–Crippen MR) is 68.6 cm³/mol. The van der Waals surface area contributed by atoms with Gasteiger partial charge in [-0.1, -0.05) is 12.1 Å². The molecule has 0 amide bonds. The number of hydrogen-bond donors (Lipinski definition) is 1. The molecule has 1 N–H and O–H groups in total. The maximum atomic E-state index is 11.1. The van der Waals surface area contributed by atoms with Gasteiger partial charge in [-0.15, -0.1) is 0 Å². The lowest BCUT2D eigenvalue weighted by Crippen LogP contribution is -2.06. The largest absolute Gasteiger partial charge is 0.480 e. The number of carboxylic acids is 1. The van der Waals surface area contributed by atoms with E-state index in [1.54, 1.807) is 24.4 Å². The van der Waals surface area contributed by atoms with Crippen molar-refractivity contribution in [3.05, 3.63) is 64.0 Å². The van der Waals surface area contributed by atoms with Crippen molar-refractivity contribution < 1.29 is 19.6 Å². The van der Waals surface area contributed by atoms with Gasteiger partial charge in [-0.05, 0) is 18.2 Å². The van der Waals surface area contributed by atoms with Crippen LogP contribution >= 0.6 is 0 Å². The summed E-state index contributed by atoms with van der Waals surface area (Å²) in [4.78, 5) is 25.3. The minimum atomic E-state index is -1.29. The van der Waals surface area contributed by atoms with Crippen molar-refractivity contribution in [2.45, 2.75) is 6.61 Å². The number of aromatic carboxylic acids is 1. The lowest BCUT2D eigenvalue weighted by atomic mass is 10.1. The molecule has 0 atom stereocenters.